The lowest BCUT2D eigenvalue weighted by molar-refractivity contribution is -0.384. The van der Waals surface area contributed by atoms with E-state index in [1.54, 1.807) is 24.3 Å². The molecular weight excluding hydrogens is 516 g/mol. The fraction of sp³-hybridized carbons (Fsp3) is 0. The van der Waals surface area contributed by atoms with E-state index in [0.717, 1.165) is 5.69 Å². The highest BCUT2D eigenvalue weighted by molar-refractivity contribution is 5.89. The fourth-order valence-electron chi connectivity index (χ4n) is 3.52. The van der Waals surface area contributed by atoms with Gasteiger partial charge in [0, 0.05) is 29.1 Å². The number of hydrogen-bond acceptors (Lipinski definition) is 11. The highest BCUT2D eigenvalue weighted by atomic mass is 16.6. The Morgan fingerprint density at radius 1 is 0.850 bits per heavy atom. The van der Waals surface area contributed by atoms with Crippen molar-refractivity contribution in [3.63, 3.8) is 0 Å². The Morgan fingerprint density at radius 2 is 1.52 bits per heavy atom. The molecular formula is C27H20N8O5. The summed E-state index contributed by atoms with van der Waals surface area (Å²) in [7, 11) is 0. The molecule has 198 valence electrons. The number of furan rings is 1. The van der Waals surface area contributed by atoms with Gasteiger partial charge in [-0.05, 0) is 48.5 Å². The molecule has 2 heterocycles. The Labute approximate surface area is 226 Å². The maximum Gasteiger partial charge on any atom is 0.335 e. The normalized spacial score (nSPS) is 10.8. The number of non-ortho nitro benzene ring substituents is 1. The summed E-state index contributed by atoms with van der Waals surface area (Å²) in [6.45, 7) is 0. The van der Waals surface area contributed by atoms with Gasteiger partial charge in [-0.25, -0.2) is 10.2 Å². The first-order valence-corrected chi connectivity index (χ1v) is 11.8. The zero-order chi connectivity index (χ0) is 27.9. The summed E-state index contributed by atoms with van der Waals surface area (Å²) >= 11 is 0. The third-order valence-electron chi connectivity index (χ3n) is 5.38. The van der Waals surface area contributed by atoms with Crippen molar-refractivity contribution >= 4 is 47.1 Å². The molecule has 0 saturated carbocycles. The molecule has 0 aliphatic rings. The van der Waals surface area contributed by atoms with Gasteiger partial charge in [0.05, 0.1) is 16.7 Å². The van der Waals surface area contributed by atoms with Gasteiger partial charge in [-0.2, -0.15) is 20.1 Å². The van der Waals surface area contributed by atoms with Crippen molar-refractivity contribution in [1.82, 2.24) is 15.0 Å². The number of nitro groups is 1. The summed E-state index contributed by atoms with van der Waals surface area (Å²) < 4.78 is 5.77. The van der Waals surface area contributed by atoms with Gasteiger partial charge in [0.1, 0.15) is 11.5 Å². The first-order chi connectivity index (χ1) is 19.4. The Hall–Kier alpha value is -6.11. The SMILES string of the molecule is O=C(O)c1cccc(-c2ccc(/C=N\Nc3nc(Nc4ccccc4)nc(Nc4ccc([N+](=O)[O-])cc4)n3)o2)c1. The third-order valence-corrected chi connectivity index (χ3v) is 5.38. The highest BCUT2D eigenvalue weighted by Crippen LogP contribution is 2.23. The Bertz CT molecular complexity index is 1690. The molecule has 0 radical (unpaired) electrons. The lowest BCUT2D eigenvalue weighted by atomic mass is 10.1. The van der Waals surface area contributed by atoms with Crippen molar-refractivity contribution in [3.8, 4) is 11.3 Å². The molecule has 0 spiro atoms. The number of hydrazone groups is 1. The number of aromatic nitrogens is 3. The molecule has 0 aliphatic heterocycles. The number of nitro benzene ring substituents is 1. The number of anilines is 5. The third kappa shape index (κ3) is 6.41. The van der Waals surface area contributed by atoms with Gasteiger partial charge in [0.15, 0.2) is 0 Å². The molecule has 0 saturated heterocycles. The number of rotatable bonds is 10. The first-order valence-electron chi connectivity index (χ1n) is 11.8. The molecule has 0 unspecified atom stereocenters. The van der Waals surface area contributed by atoms with Crippen LogP contribution < -0.4 is 16.1 Å². The number of carbonyl (C=O) groups is 1. The second kappa shape index (κ2) is 11.5. The second-order valence-electron chi connectivity index (χ2n) is 8.18. The maximum absolute atomic E-state index is 11.2. The summed E-state index contributed by atoms with van der Waals surface area (Å²) in [5.41, 5.74) is 4.75. The van der Waals surface area contributed by atoms with Gasteiger partial charge < -0.3 is 20.2 Å². The summed E-state index contributed by atoms with van der Waals surface area (Å²) in [6.07, 6.45) is 1.42. The molecule has 13 heteroatoms. The molecule has 3 aromatic carbocycles. The van der Waals surface area contributed by atoms with Crippen molar-refractivity contribution in [3.05, 3.63) is 112 Å². The summed E-state index contributed by atoms with van der Waals surface area (Å²) in [5, 5.41) is 30.4. The van der Waals surface area contributed by atoms with E-state index in [2.05, 4.69) is 36.1 Å². The van der Waals surface area contributed by atoms with Gasteiger partial charge in [-0.3, -0.25) is 10.1 Å². The number of aromatic carboxylic acids is 1. The number of carboxylic acids is 1. The molecule has 0 atom stereocenters. The maximum atomic E-state index is 11.2. The van der Waals surface area contributed by atoms with Crippen LogP contribution in [0.15, 0.2) is 101 Å². The van der Waals surface area contributed by atoms with Crippen molar-refractivity contribution in [1.29, 1.82) is 0 Å². The predicted molar refractivity (Wildman–Crippen MR) is 148 cm³/mol. The van der Waals surface area contributed by atoms with E-state index in [4.69, 9.17) is 4.42 Å². The van der Waals surface area contributed by atoms with Crippen LogP contribution in [0.5, 0.6) is 0 Å². The van der Waals surface area contributed by atoms with E-state index in [1.165, 1.54) is 42.6 Å². The fourth-order valence-corrected chi connectivity index (χ4v) is 3.52. The van der Waals surface area contributed by atoms with Crippen LogP contribution >= 0.6 is 0 Å². The largest absolute Gasteiger partial charge is 0.478 e. The van der Waals surface area contributed by atoms with Crippen molar-refractivity contribution in [2.24, 2.45) is 5.10 Å². The lowest BCUT2D eigenvalue weighted by Gasteiger charge is -2.10. The number of nitrogens with zero attached hydrogens (tertiary/aromatic N) is 5. The van der Waals surface area contributed by atoms with E-state index in [9.17, 15) is 20.0 Å². The number of para-hydroxylation sites is 1. The Balaban J connectivity index is 1.34. The van der Waals surface area contributed by atoms with Gasteiger partial charge in [-0.1, -0.05) is 30.3 Å². The summed E-state index contributed by atoms with van der Waals surface area (Å²) in [5.74, 6) is 0.355. The topological polar surface area (TPSA) is 181 Å². The van der Waals surface area contributed by atoms with Crippen LogP contribution in [0.2, 0.25) is 0 Å². The van der Waals surface area contributed by atoms with Gasteiger partial charge in [-0.15, -0.1) is 0 Å². The van der Waals surface area contributed by atoms with Crippen LogP contribution in [-0.4, -0.2) is 37.2 Å². The molecule has 0 amide bonds. The molecule has 5 aromatic rings. The molecule has 0 fully saturated rings. The number of nitrogens with one attached hydrogen (secondary N) is 3. The Morgan fingerprint density at radius 3 is 2.20 bits per heavy atom. The quantitative estimate of drug-likeness (QED) is 0.0980. The lowest BCUT2D eigenvalue weighted by Crippen LogP contribution is -2.07. The van der Waals surface area contributed by atoms with Crippen LogP contribution in [0.25, 0.3) is 11.3 Å². The van der Waals surface area contributed by atoms with E-state index in [1.807, 2.05) is 30.3 Å². The van der Waals surface area contributed by atoms with Gasteiger partial charge in [0.25, 0.3) is 5.69 Å². The number of benzene rings is 3. The smallest absolute Gasteiger partial charge is 0.335 e. The molecule has 0 aliphatic carbocycles. The molecule has 4 N–H and O–H groups in total. The van der Waals surface area contributed by atoms with Crippen LogP contribution in [-0.2, 0) is 0 Å². The van der Waals surface area contributed by atoms with Crippen molar-refractivity contribution in [2.45, 2.75) is 0 Å². The minimum absolute atomic E-state index is 0.0417. The van der Waals surface area contributed by atoms with Gasteiger partial charge >= 0.3 is 5.97 Å². The monoisotopic (exact) mass is 536 g/mol. The standard InChI is InChI=1S/C27H20N8O5/c36-24(37)18-6-4-5-17(15-18)23-14-13-22(40-23)16-28-34-27-32-25(29-19-7-2-1-3-8-19)31-26(33-27)30-20-9-11-21(12-10-20)35(38)39/h1-16H,(H,36,37)(H3,29,30,31,32,33,34)/b28-16-. The van der Waals surface area contributed by atoms with E-state index in [0.29, 0.717) is 22.8 Å². The highest BCUT2D eigenvalue weighted by Gasteiger charge is 2.10. The molecule has 40 heavy (non-hydrogen) atoms. The molecule has 13 nitrogen and oxygen atoms in total. The second-order valence-corrected chi connectivity index (χ2v) is 8.18. The Kier molecular flexibility index (Phi) is 7.35. The molecule has 2 aromatic heterocycles. The molecule has 5 rings (SSSR count). The van der Waals surface area contributed by atoms with Crippen molar-refractivity contribution < 1.29 is 19.2 Å². The van der Waals surface area contributed by atoms with Crippen molar-refractivity contribution in [2.75, 3.05) is 16.1 Å². The first kappa shape index (κ1) is 25.5. The van der Waals surface area contributed by atoms with E-state index in [-0.39, 0.29) is 29.1 Å². The summed E-state index contributed by atoms with van der Waals surface area (Å²) in [6, 6.07) is 24.9. The van der Waals surface area contributed by atoms with Crippen LogP contribution in [0, 0.1) is 10.1 Å². The van der Waals surface area contributed by atoms with Crippen LogP contribution in [0.3, 0.4) is 0 Å². The van der Waals surface area contributed by atoms with Gasteiger partial charge in [0.2, 0.25) is 17.8 Å². The van der Waals surface area contributed by atoms with E-state index >= 15 is 0 Å². The zero-order valence-electron chi connectivity index (χ0n) is 20.6. The minimum Gasteiger partial charge on any atom is -0.478 e. The molecule has 0 bridgehead atoms. The number of carboxylic acid groups (broad SMARTS) is 1. The summed E-state index contributed by atoms with van der Waals surface area (Å²) in [4.78, 5) is 34.7. The van der Waals surface area contributed by atoms with Crippen LogP contribution in [0.1, 0.15) is 16.1 Å². The average molecular weight is 537 g/mol. The number of hydrogen-bond donors (Lipinski definition) is 4. The zero-order valence-corrected chi connectivity index (χ0v) is 20.6. The predicted octanol–water partition coefficient (Wildman–Crippen LogP) is 5.67. The average Bonchev–Trinajstić information content (AvgIpc) is 3.43. The van der Waals surface area contributed by atoms with E-state index < -0.39 is 10.9 Å². The minimum atomic E-state index is -1.03. The van der Waals surface area contributed by atoms with Crippen LogP contribution in [0.4, 0.5) is 34.9 Å².